The van der Waals surface area contributed by atoms with Crippen molar-refractivity contribution >= 4 is 15.8 Å². The molecule has 0 spiro atoms. The fourth-order valence-corrected chi connectivity index (χ4v) is 1.46. The SMILES string of the molecule is CC(C)C(=NO)c1cc(S(=O)(=O)O)co1. The summed E-state index contributed by atoms with van der Waals surface area (Å²) in [6, 6.07) is 1.10. The van der Waals surface area contributed by atoms with Crippen molar-refractivity contribution in [3.05, 3.63) is 18.1 Å². The minimum atomic E-state index is -4.28. The fraction of sp³-hybridized carbons (Fsp3) is 0.375. The lowest BCUT2D eigenvalue weighted by molar-refractivity contribution is 0.314. The molecule has 1 rings (SSSR count). The number of nitrogens with zero attached hydrogens (tertiary/aromatic N) is 1. The van der Waals surface area contributed by atoms with Gasteiger partial charge in [-0.15, -0.1) is 0 Å². The molecule has 0 aliphatic rings. The molecule has 0 saturated carbocycles. The third kappa shape index (κ3) is 2.57. The van der Waals surface area contributed by atoms with Crippen LogP contribution in [0.1, 0.15) is 19.6 Å². The lowest BCUT2D eigenvalue weighted by atomic mass is 10.1. The zero-order chi connectivity index (χ0) is 11.6. The highest BCUT2D eigenvalue weighted by molar-refractivity contribution is 7.85. The summed E-state index contributed by atoms with van der Waals surface area (Å²) in [4.78, 5) is -0.362. The van der Waals surface area contributed by atoms with E-state index >= 15 is 0 Å². The van der Waals surface area contributed by atoms with Gasteiger partial charge in [0.15, 0.2) is 5.76 Å². The van der Waals surface area contributed by atoms with E-state index in [2.05, 4.69) is 5.16 Å². The normalized spacial score (nSPS) is 13.5. The average molecular weight is 233 g/mol. The maximum Gasteiger partial charge on any atom is 0.297 e. The Morgan fingerprint density at radius 1 is 1.53 bits per heavy atom. The predicted octanol–water partition coefficient (Wildman–Crippen LogP) is 1.36. The molecule has 0 bridgehead atoms. The summed E-state index contributed by atoms with van der Waals surface area (Å²) < 4.78 is 35.0. The monoisotopic (exact) mass is 233 g/mol. The zero-order valence-corrected chi connectivity index (χ0v) is 9.02. The van der Waals surface area contributed by atoms with Gasteiger partial charge in [0.2, 0.25) is 0 Å². The van der Waals surface area contributed by atoms with E-state index in [0.29, 0.717) is 0 Å². The van der Waals surface area contributed by atoms with Gasteiger partial charge in [0.25, 0.3) is 10.1 Å². The highest BCUT2D eigenvalue weighted by Crippen LogP contribution is 2.17. The summed E-state index contributed by atoms with van der Waals surface area (Å²) in [6.07, 6.45) is 0.887. The molecule has 0 saturated heterocycles. The summed E-state index contributed by atoms with van der Waals surface area (Å²) >= 11 is 0. The lowest BCUT2D eigenvalue weighted by Crippen LogP contribution is -2.08. The average Bonchev–Trinajstić information content (AvgIpc) is 2.52. The molecule has 0 aromatic carbocycles. The minimum Gasteiger partial charge on any atom is -0.461 e. The first-order valence-electron chi connectivity index (χ1n) is 4.14. The largest absolute Gasteiger partial charge is 0.461 e. The number of oxime groups is 1. The van der Waals surface area contributed by atoms with Crippen LogP contribution in [-0.2, 0) is 10.1 Å². The molecule has 15 heavy (non-hydrogen) atoms. The van der Waals surface area contributed by atoms with Gasteiger partial charge in [-0.1, -0.05) is 19.0 Å². The molecule has 6 nitrogen and oxygen atoms in total. The van der Waals surface area contributed by atoms with E-state index in [1.54, 1.807) is 13.8 Å². The number of hydrogen-bond donors (Lipinski definition) is 2. The highest BCUT2D eigenvalue weighted by Gasteiger charge is 2.18. The van der Waals surface area contributed by atoms with Crippen molar-refractivity contribution < 1.29 is 22.6 Å². The molecule has 1 heterocycles. The van der Waals surface area contributed by atoms with Crippen molar-refractivity contribution in [2.24, 2.45) is 11.1 Å². The van der Waals surface area contributed by atoms with Crippen LogP contribution in [0.15, 0.2) is 26.8 Å². The Morgan fingerprint density at radius 3 is 2.47 bits per heavy atom. The molecular formula is C8H11NO5S. The number of rotatable bonds is 3. The van der Waals surface area contributed by atoms with Crippen molar-refractivity contribution in [2.75, 3.05) is 0 Å². The summed E-state index contributed by atoms with van der Waals surface area (Å²) in [7, 11) is -4.28. The van der Waals surface area contributed by atoms with Gasteiger partial charge >= 0.3 is 0 Å². The van der Waals surface area contributed by atoms with Gasteiger partial charge < -0.3 is 9.62 Å². The minimum absolute atomic E-state index is 0.111. The second-order valence-electron chi connectivity index (χ2n) is 3.26. The Balaban J connectivity index is 3.15. The van der Waals surface area contributed by atoms with Gasteiger partial charge in [-0.3, -0.25) is 4.55 Å². The molecule has 0 fully saturated rings. The smallest absolute Gasteiger partial charge is 0.297 e. The standard InChI is InChI=1S/C8H11NO5S/c1-5(2)8(9-10)7-3-6(4-14-7)15(11,12)13/h3-5,10H,1-2H3,(H,11,12,13). The fourth-order valence-electron chi connectivity index (χ4n) is 1.04. The molecule has 2 N–H and O–H groups in total. The summed E-state index contributed by atoms with van der Waals surface area (Å²) in [5.74, 6) is -0.0180. The molecule has 0 amide bonds. The van der Waals surface area contributed by atoms with E-state index in [0.717, 1.165) is 12.3 Å². The molecule has 7 heteroatoms. The van der Waals surface area contributed by atoms with E-state index < -0.39 is 10.1 Å². The van der Waals surface area contributed by atoms with Crippen molar-refractivity contribution in [3.8, 4) is 0 Å². The first-order valence-corrected chi connectivity index (χ1v) is 5.58. The van der Waals surface area contributed by atoms with Crippen LogP contribution in [-0.4, -0.2) is 23.9 Å². The Morgan fingerprint density at radius 2 is 2.13 bits per heavy atom. The third-order valence-corrected chi connectivity index (χ3v) is 2.59. The van der Waals surface area contributed by atoms with Crippen molar-refractivity contribution in [3.63, 3.8) is 0 Å². The van der Waals surface area contributed by atoms with Gasteiger partial charge in [0, 0.05) is 12.0 Å². The second-order valence-corrected chi connectivity index (χ2v) is 4.68. The maximum atomic E-state index is 10.7. The van der Waals surface area contributed by atoms with Gasteiger partial charge in [-0.25, -0.2) is 0 Å². The number of hydrogen-bond acceptors (Lipinski definition) is 5. The molecule has 0 unspecified atom stereocenters. The zero-order valence-electron chi connectivity index (χ0n) is 8.21. The van der Waals surface area contributed by atoms with Crippen LogP contribution in [0, 0.1) is 5.92 Å². The molecule has 0 atom stereocenters. The van der Waals surface area contributed by atoms with Crippen LogP contribution in [0.4, 0.5) is 0 Å². The molecule has 0 radical (unpaired) electrons. The van der Waals surface area contributed by atoms with Crippen LogP contribution in [0.3, 0.4) is 0 Å². The maximum absolute atomic E-state index is 10.7. The van der Waals surface area contributed by atoms with Gasteiger partial charge in [0.05, 0.1) is 0 Å². The van der Waals surface area contributed by atoms with E-state index in [-0.39, 0.29) is 22.3 Å². The first kappa shape index (κ1) is 11.7. The molecule has 84 valence electrons. The highest BCUT2D eigenvalue weighted by atomic mass is 32.2. The summed E-state index contributed by atoms with van der Waals surface area (Å²) in [6.45, 7) is 3.51. The Hall–Kier alpha value is -1.34. The molecule has 1 aromatic heterocycles. The van der Waals surface area contributed by atoms with Crippen LogP contribution < -0.4 is 0 Å². The molecule has 0 aliphatic heterocycles. The van der Waals surface area contributed by atoms with Crippen LogP contribution >= 0.6 is 0 Å². The third-order valence-electron chi connectivity index (χ3n) is 1.78. The Labute approximate surface area is 87.0 Å². The van der Waals surface area contributed by atoms with Crippen molar-refractivity contribution in [1.82, 2.24) is 0 Å². The number of furan rings is 1. The van der Waals surface area contributed by atoms with Crippen molar-refractivity contribution in [2.45, 2.75) is 18.7 Å². The summed E-state index contributed by atoms with van der Waals surface area (Å²) in [5, 5.41) is 11.7. The Kier molecular flexibility index (Phi) is 3.15. The first-order chi connectivity index (χ1) is 6.86. The van der Waals surface area contributed by atoms with E-state index in [4.69, 9.17) is 14.2 Å². The summed E-state index contributed by atoms with van der Waals surface area (Å²) in [5.41, 5.74) is 0.213. The van der Waals surface area contributed by atoms with Crippen LogP contribution in [0.5, 0.6) is 0 Å². The van der Waals surface area contributed by atoms with Crippen molar-refractivity contribution in [1.29, 1.82) is 0 Å². The van der Waals surface area contributed by atoms with Crippen LogP contribution in [0.2, 0.25) is 0 Å². The van der Waals surface area contributed by atoms with E-state index in [1.807, 2.05) is 0 Å². The second kappa shape index (κ2) is 4.03. The van der Waals surface area contributed by atoms with Gasteiger partial charge in [0.1, 0.15) is 16.9 Å². The molecular weight excluding hydrogens is 222 g/mol. The topological polar surface area (TPSA) is 100 Å². The van der Waals surface area contributed by atoms with E-state index in [1.165, 1.54) is 0 Å². The lowest BCUT2D eigenvalue weighted by Gasteiger charge is -2.02. The molecule has 0 aliphatic carbocycles. The van der Waals surface area contributed by atoms with Gasteiger partial charge in [-0.05, 0) is 0 Å². The Bertz CT molecular complexity index is 471. The van der Waals surface area contributed by atoms with E-state index in [9.17, 15) is 8.42 Å². The predicted molar refractivity (Wildman–Crippen MR) is 51.7 cm³/mol. The van der Waals surface area contributed by atoms with Gasteiger partial charge in [-0.2, -0.15) is 8.42 Å². The quantitative estimate of drug-likeness (QED) is 0.355. The molecule has 1 aromatic rings. The van der Waals surface area contributed by atoms with Crippen LogP contribution in [0.25, 0.3) is 0 Å².